The summed E-state index contributed by atoms with van der Waals surface area (Å²) in [6.07, 6.45) is -3.99. The predicted molar refractivity (Wildman–Crippen MR) is 50.5 cm³/mol. The molecule has 0 amide bonds. The molecule has 2 nitrogen and oxygen atoms in total. The van der Waals surface area contributed by atoms with Gasteiger partial charge in [0.05, 0.1) is 0 Å². The number of hydrogen-bond acceptors (Lipinski definition) is 2. The van der Waals surface area contributed by atoms with Crippen LogP contribution in [0.1, 0.15) is 43.9 Å². The SMILES string of the molecule is CCc1nc(C(C)C)cc(C(F)(F)F)n1. The molecule has 0 saturated heterocycles. The first-order valence-electron chi connectivity index (χ1n) is 4.79. The average Bonchev–Trinajstić information content (AvgIpc) is 2.15. The molecule has 0 aliphatic heterocycles. The molecule has 0 spiro atoms. The van der Waals surface area contributed by atoms with Gasteiger partial charge in [-0.25, -0.2) is 9.97 Å². The van der Waals surface area contributed by atoms with Crippen LogP contribution in [0.15, 0.2) is 6.07 Å². The van der Waals surface area contributed by atoms with Gasteiger partial charge in [-0.3, -0.25) is 0 Å². The van der Waals surface area contributed by atoms with Crippen molar-refractivity contribution < 1.29 is 13.2 Å². The van der Waals surface area contributed by atoms with E-state index in [0.29, 0.717) is 12.1 Å². The molecule has 0 aliphatic carbocycles. The van der Waals surface area contributed by atoms with Gasteiger partial charge < -0.3 is 0 Å². The van der Waals surface area contributed by atoms with Gasteiger partial charge in [-0.05, 0) is 12.0 Å². The first-order chi connectivity index (χ1) is 6.84. The van der Waals surface area contributed by atoms with E-state index in [4.69, 9.17) is 0 Å². The van der Waals surface area contributed by atoms with Crippen LogP contribution in [0.2, 0.25) is 0 Å². The van der Waals surface area contributed by atoms with Gasteiger partial charge in [-0.2, -0.15) is 13.2 Å². The van der Waals surface area contributed by atoms with Gasteiger partial charge >= 0.3 is 6.18 Å². The van der Waals surface area contributed by atoms with Crippen molar-refractivity contribution in [2.45, 2.75) is 39.3 Å². The Hall–Kier alpha value is -1.13. The first-order valence-corrected chi connectivity index (χ1v) is 4.79. The van der Waals surface area contributed by atoms with Gasteiger partial charge in [0.25, 0.3) is 0 Å². The van der Waals surface area contributed by atoms with E-state index < -0.39 is 11.9 Å². The highest BCUT2D eigenvalue weighted by molar-refractivity contribution is 5.16. The minimum Gasteiger partial charge on any atom is -0.238 e. The molecule has 84 valence electrons. The summed E-state index contributed by atoms with van der Waals surface area (Å²) < 4.78 is 37.4. The van der Waals surface area contributed by atoms with E-state index in [-0.39, 0.29) is 11.7 Å². The summed E-state index contributed by atoms with van der Waals surface area (Å²) >= 11 is 0. The molecule has 15 heavy (non-hydrogen) atoms. The number of alkyl halides is 3. The Balaban J connectivity index is 3.23. The van der Waals surface area contributed by atoms with Crippen molar-refractivity contribution in [2.75, 3.05) is 0 Å². The topological polar surface area (TPSA) is 25.8 Å². The van der Waals surface area contributed by atoms with E-state index in [9.17, 15) is 13.2 Å². The van der Waals surface area contributed by atoms with Gasteiger partial charge in [0.1, 0.15) is 11.5 Å². The highest BCUT2D eigenvalue weighted by Gasteiger charge is 2.33. The van der Waals surface area contributed by atoms with Crippen molar-refractivity contribution in [3.63, 3.8) is 0 Å². The van der Waals surface area contributed by atoms with Crippen molar-refractivity contribution >= 4 is 0 Å². The van der Waals surface area contributed by atoms with Crippen LogP contribution in [0.5, 0.6) is 0 Å². The molecule has 0 fully saturated rings. The van der Waals surface area contributed by atoms with Crippen LogP contribution in [0, 0.1) is 0 Å². The van der Waals surface area contributed by atoms with E-state index in [1.807, 2.05) is 13.8 Å². The highest BCUT2D eigenvalue weighted by atomic mass is 19.4. The van der Waals surface area contributed by atoms with Crippen molar-refractivity contribution in [2.24, 2.45) is 0 Å². The fourth-order valence-corrected chi connectivity index (χ4v) is 1.12. The van der Waals surface area contributed by atoms with Crippen LogP contribution in [0.4, 0.5) is 13.2 Å². The molecule has 0 N–H and O–H groups in total. The van der Waals surface area contributed by atoms with Crippen molar-refractivity contribution in [1.29, 1.82) is 0 Å². The van der Waals surface area contributed by atoms with Crippen molar-refractivity contribution in [1.82, 2.24) is 9.97 Å². The van der Waals surface area contributed by atoms with E-state index in [0.717, 1.165) is 6.07 Å². The smallest absolute Gasteiger partial charge is 0.238 e. The Morgan fingerprint density at radius 2 is 1.87 bits per heavy atom. The third-order valence-electron chi connectivity index (χ3n) is 1.99. The molecule has 1 heterocycles. The molecular weight excluding hydrogens is 205 g/mol. The number of halogens is 3. The zero-order chi connectivity index (χ0) is 11.6. The fourth-order valence-electron chi connectivity index (χ4n) is 1.12. The molecule has 0 aromatic carbocycles. The second-order valence-electron chi connectivity index (χ2n) is 3.60. The third-order valence-corrected chi connectivity index (χ3v) is 1.99. The summed E-state index contributed by atoms with van der Waals surface area (Å²) in [5.41, 5.74) is -0.410. The molecule has 0 atom stereocenters. The lowest BCUT2D eigenvalue weighted by Crippen LogP contribution is -2.12. The normalized spacial score (nSPS) is 12.2. The number of aryl methyl sites for hydroxylation is 1. The molecule has 0 radical (unpaired) electrons. The molecule has 0 aliphatic rings. The van der Waals surface area contributed by atoms with E-state index in [1.165, 1.54) is 0 Å². The number of nitrogens with zero attached hydrogens (tertiary/aromatic N) is 2. The molecular formula is C10H13F3N2. The zero-order valence-corrected chi connectivity index (χ0v) is 8.89. The fraction of sp³-hybridized carbons (Fsp3) is 0.600. The quantitative estimate of drug-likeness (QED) is 0.761. The Labute approximate surface area is 86.6 Å². The molecule has 0 saturated carbocycles. The summed E-state index contributed by atoms with van der Waals surface area (Å²) in [5.74, 6) is 0.216. The van der Waals surface area contributed by atoms with E-state index in [1.54, 1.807) is 6.92 Å². The molecule has 0 bridgehead atoms. The van der Waals surface area contributed by atoms with Gasteiger partial charge in [-0.1, -0.05) is 20.8 Å². The van der Waals surface area contributed by atoms with Gasteiger partial charge in [0.2, 0.25) is 0 Å². The van der Waals surface area contributed by atoms with Crippen molar-refractivity contribution in [3.8, 4) is 0 Å². The van der Waals surface area contributed by atoms with Gasteiger partial charge in [0.15, 0.2) is 0 Å². The maximum atomic E-state index is 12.5. The lowest BCUT2D eigenvalue weighted by Gasteiger charge is -2.11. The molecule has 1 aromatic rings. The molecule has 1 aromatic heterocycles. The highest BCUT2D eigenvalue weighted by Crippen LogP contribution is 2.29. The number of rotatable bonds is 2. The molecule has 0 unspecified atom stereocenters. The predicted octanol–water partition coefficient (Wildman–Crippen LogP) is 3.18. The Bertz CT molecular complexity index is 345. The lowest BCUT2D eigenvalue weighted by atomic mass is 10.1. The van der Waals surface area contributed by atoms with Crippen LogP contribution in [0.25, 0.3) is 0 Å². The maximum Gasteiger partial charge on any atom is 0.433 e. The lowest BCUT2D eigenvalue weighted by molar-refractivity contribution is -0.141. The largest absolute Gasteiger partial charge is 0.433 e. The third kappa shape index (κ3) is 2.91. The van der Waals surface area contributed by atoms with E-state index in [2.05, 4.69) is 9.97 Å². The first kappa shape index (κ1) is 11.9. The monoisotopic (exact) mass is 218 g/mol. The van der Waals surface area contributed by atoms with Crippen LogP contribution < -0.4 is 0 Å². The minimum absolute atomic E-state index is 0.0283. The Kier molecular flexibility index (Phi) is 3.31. The number of aromatic nitrogens is 2. The van der Waals surface area contributed by atoms with Gasteiger partial charge in [0, 0.05) is 12.1 Å². The molecule has 5 heteroatoms. The van der Waals surface area contributed by atoms with E-state index >= 15 is 0 Å². The summed E-state index contributed by atoms with van der Waals surface area (Å²) in [4.78, 5) is 7.52. The average molecular weight is 218 g/mol. The van der Waals surface area contributed by atoms with Crippen LogP contribution >= 0.6 is 0 Å². The Morgan fingerprint density at radius 3 is 2.27 bits per heavy atom. The maximum absolute atomic E-state index is 12.5. The van der Waals surface area contributed by atoms with Gasteiger partial charge in [-0.15, -0.1) is 0 Å². The zero-order valence-electron chi connectivity index (χ0n) is 8.89. The van der Waals surface area contributed by atoms with Crippen molar-refractivity contribution in [3.05, 3.63) is 23.3 Å². The Morgan fingerprint density at radius 1 is 1.27 bits per heavy atom. The van der Waals surface area contributed by atoms with Crippen LogP contribution in [-0.2, 0) is 12.6 Å². The second kappa shape index (κ2) is 4.16. The standard InChI is InChI=1S/C10H13F3N2/c1-4-9-14-7(6(2)3)5-8(15-9)10(11,12)13/h5-6H,4H2,1-3H3. The van der Waals surface area contributed by atoms with Crippen LogP contribution in [-0.4, -0.2) is 9.97 Å². The summed E-state index contributed by atoms with van der Waals surface area (Å²) in [6, 6.07) is 1.02. The number of hydrogen-bond donors (Lipinski definition) is 0. The second-order valence-corrected chi connectivity index (χ2v) is 3.60. The summed E-state index contributed by atoms with van der Waals surface area (Å²) in [7, 11) is 0. The minimum atomic E-state index is -4.39. The molecule has 1 rings (SSSR count). The summed E-state index contributed by atoms with van der Waals surface area (Å²) in [5, 5.41) is 0. The summed E-state index contributed by atoms with van der Waals surface area (Å²) in [6.45, 7) is 5.35. The van der Waals surface area contributed by atoms with Crippen LogP contribution in [0.3, 0.4) is 0 Å².